The van der Waals surface area contributed by atoms with Gasteiger partial charge >= 0.3 is 0 Å². The van der Waals surface area contributed by atoms with Crippen LogP contribution in [0.15, 0.2) is 42.5 Å². The minimum atomic E-state index is -0.250. The van der Waals surface area contributed by atoms with Gasteiger partial charge in [0.05, 0.1) is 5.69 Å². The zero-order chi connectivity index (χ0) is 14.5. The van der Waals surface area contributed by atoms with E-state index in [1.165, 1.54) is 13.0 Å². The molecule has 0 saturated heterocycles. The number of amides is 1. The lowest BCUT2D eigenvalue weighted by molar-refractivity contribution is -0.114. The summed E-state index contributed by atoms with van der Waals surface area (Å²) in [6.07, 6.45) is 0. The van der Waals surface area contributed by atoms with Gasteiger partial charge in [0.1, 0.15) is 5.82 Å². The zero-order valence-electron chi connectivity index (χ0n) is 11.5. The molecule has 104 valence electrons. The first-order chi connectivity index (χ1) is 9.54. The second-order valence-corrected chi connectivity index (χ2v) is 4.71. The molecule has 0 atom stereocenters. The largest absolute Gasteiger partial charge is 0.379 e. The Hall–Kier alpha value is -2.36. The van der Waals surface area contributed by atoms with Crippen LogP contribution in [0.1, 0.15) is 18.1 Å². The summed E-state index contributed by atoms with van der Waals surface area (Å²) in [6, 6.07) is 12.5. The number of carbonyl (C=O) groups excluding carboxylic acids is 1. The fraction of sp³-hybridized carbons (Fsp3) is 0.188. The predicted molar refractivity (Wildman–Crippen MR) is 79.2 cm³/mol. The summed E-state index contributed by atoms with van der Waals surface area (Å²) in [5.74, 6) is -0.350. The van der Waals surface area contributed by atoms with Gasteiger partial charge in [0.15, 0.2) is 0 Å². The van der Waals surface area contributed by atoms with Gasteiger partial charge in [0, 0.05) is 19.2 Å². The Kier molecular flexibility index (Phi) is 4.35. The second-order valence-electron chi connectivity index (χ2n) is 4.71. The Balaban J connectivity index is 1.98. The van der Waals surface area contributed by atoms with Gasteiger partial charge in [-0.25, -0.2) is 4.39 Å². The smallest absolute Gasteiger partial charge is 0.221 e. The van der Waals surface area contributed by atoms with E-state index >= 15 is 0 Å². The Morgan fingerprint density at radius 3 is 2.45 bits per heavy atom. The van der Waals surface area contributed by atoms with Gasteiger partial charge < -0.3 is 10.6 Å². The van der Waals surface area contributed by atoms with E-state index in [1.807, 2.05) is 37.3 Å². The molecule has 0 aliphatic heterocycles. The molecule has 0 spiro atoms. The van der Waals surface area contributed by atoms with Crippen molar-refractivity contribution in [3.05, 3.63) is 59.4 Å². The summed E-state index contributed by atoms with van der Waals surface area (Å²) in [7, 11) is 0. The van der Waals surface area contributed by atoms with E-state index < -0.39 is 0 Å². The summed E-state index contributed by atoms with van der Waals surface area (Å²) < 4.78 is 13.7. The molecule has 0 aliphatic rings. The molecule has 0 saturated carbocycles. The summed E-state index contributed by atoms with van der Waals surface area (Å²) >= 11 is 0. The van der Waals surface area contributed by atoms with Gasteiger partial charge in [-0.3, -0.25) is 4.79 Å². The van der Waals surface area contributed by atoms with E-state index in [-0.39, 0.29) is 11.7 Å². The van der Waals surface area contributed by atoms with Crippen LogP contribution in [0.3, 0.4) is 0 Å². The third kappa shape index (κ3) is 3.82. The lowest BCUT2D eigenvalue weighted by Gasteiger charge is -2.09. The summed E-state index contributed by atoms with van der Waals surface area (Å²) in [6.45, 7) is 3.85. The van der Waals surface area contributed by atoms with E-state index in [0.717, 1.165) is 16.8 Å². The van der Waals surface area contributed by atoms with Crippen LogP contribution in [0.5, 0.6) is 0 Å². The first kappa shape index (κ1) is 14.1. The Labute approximate surface area is 117 Å². The van der Waals surface area contributed by atoms with E-state index in [9.17, 15) is 9.18 Å². The molecule has 4 heteroatoms. The summed E-state index contributed by atoms with van der Waals surface area (Å²) in [5.41, 5.74) is 3.15. The van der Waals surface area contributed by atoms with Crippen molar-refractivity contribution in [3.8, 4) is 0 Å². The van der Waals surface area contributed by atoms with E-state index in [0.29, 0.717) is 12.2 Å². The van der Waals surface area contributed by atoms with E-state index in [2.05, 4.69) is 10.6 Å². The average molecular weight is 272 g/mol. The number of aryl methyl sites for hydroxylation is 1. The van der Waals surface area contributed by atoms with Crippen LogP contribution in [0.25, 0.3) is 0 Å². The number of rotatable bonds is 4. The van der Waals surface area contributed by atoms with Crippen molar-refractivity contribution in [2.75, 3.05) is 10.6 Å². The highest BCUT2D eigenvalue weighted by molar-refractivity contribution is 5.88. The van der Waals surface area contributed by atoms with Crippen LogP contribution < -0.4 is 10.6 Å². The number of carbonyl (C=O) groups is 1. The van der Waals surface area contributed by atoms with Gasteiger partial charge in [-0.1, -0.05) is 18.2 Å². The predicted octanol–water partition coefficient (Wildman–Crippen LogP) is 3.70. The van der Waals surface area contributed by atoms with Crippen LogP contribution >= 0.6 is 0 Å². The SMILES string of the molecule is CC(=O)Nc1ccc(CNc2ccc(C)cc2F)cc1. The van der Waals surface area contributed by atoms with Crippen LogP contribution in [0, 0.1) is 12.7 Å². The van der Waals surface area contributed by atoms with Gasteiger partial charge in [-0.15, -0.1) is 0 Å². The Bertz CT molecular complexity index is 608. The Morgan fingerprint density at radius 1 is 1.15 bits per heavy atom. The van der Waals surface area contributed by atoms with Crippen LogP contribution in [0.4, 0.5) is 15.8 Å². The van der Waals surface area contributed by atoms with Crippen molar-refractivity contribution in [2.45, 2.75) is 20.4 Å². The molecule has 1 amide bonds. The molecule has 2 aromatic carbocycles. The van der Waals surface area contributed by atoms with Crippen molar-refractivity contribution in [1.82, 2.24) is 0 Å². The normalized spacial score (nSPS) is 10.2. The highest BCUT2D eigenvalue weighted by Gasteiger charge is 2.02. The molecule has 3 nitrogen and oxygen atoms in total. The molecule has 0 heterocycles. The number of hydrogen-bond acceptors (Lipinski definition) is 2. The summed E-state index contributed by atoms with van der Waals surface area (Å²) in [5, 5.41) is 5.76. The first-order valence-corrected chi connectivity index (χ1v) is 6.41. The van der Waals surface area contributed by atoms with Crippen molar-refractivity contribution < 1.29 is 9.18 Å². The highest BCUT2D eigenvalue weighted by atomic mass is 19.1. The fourth-order valence-corrected chi connectivity index (χ4v) is 1.87. The third-order valence-electron chi connectivity index (χ3n) is 2.88. The second kappa shape index (κ2) is 6.19. The van der Waals surface area contributed by atoms with Gasteiger partial charge in [0.25, 0.3) is 0 Å². The number of benzene rings is 2. The molecular weight excluding hydrogens is 255 g/mol. The summed E-state index contributed by atoms with van der Waals surface area (Å²) in [4.78, 5) is 10.9. The molecule has 2 rings (SSSR count). The molecule has 20 heavy (non-hydrogen) atoms. The maximum atomic E-state index is 13.7. The quantitative estimate of drug-likeness (QED) is 0.891. The first-order valence-electron chi connectivity index (χ1n) is 6.41. The number of halogens is 1. The number of hydrogen-bond donors (Lipinski definition) is 2. The topological polar surface area (TPSA) is 41.1 Å². The molecular formula is C16H17FN2O. The third-order valence-corrected chi connectivity index (χ3v) is 2.88. The average Bonchev–Trinajstić information content (AvgIpc) is 2.39. The molecule has 2 N–H and O–H groups in total. The standard InChI is InChI=1S/C16H17FN2O/c1-11-3-8-16(15(17)9-11)18-10-13-4-6-14(7-5-13)19-12(2)20/h3-9,18H,10H2,1-2H3,(H,19,20). The van der Waals surface area contributed by atoms with E-state index in [1.54, 1.807) is 6.07 Å². The van der Waals surface area contributed by atoms with Crippen LogP contribution in [-0.4, -0.2) is 5.91 Å². The van der Waals surface area contributed by atoms with Crippen molar-refractivity contribution in [2.24, 2.45) is 0 Å². The lowest BCUT2D eigenvalue weighted by atomic mass is 10.2. The maximum absolute atomic E-state index is 13.7. The van der Waals surface area contributed by atoms with Gasteiger partial charge in [-0.05, 0) is 42.3 Å². The van der Waals surface area contributed by atoms with E-state index in [4.69, 9.17) is 0 Å². The molecule has 0 unspecified atom stereocenters. The Morgan fingerprint density at radius 2 is 1.85 bits per heavy atom. The van der Waals surface area contributed by atoms with Crippen molar-refractivity contribution >= 4 is 17.3 Å². The molecule has 0 bridgehead atoms. The van der Waals surface area contributed by atoms with Crippen LogP contribution in [0.2, 0.25) is 0 Å². The van der Waals surface area contributed by atoms with Gasteiger partial charge in [0.2, 0.25) is 5.91 Å². The molecule has 0 aromatic heterocycles. The number of anilines is 2. The molecule has 0 radical (unpaired) electrons. The van der Waals surface area contributed by atoms with Crippen LogP contribution in [-0.2, 0) is 11.3 Å². The maximum Gasteiger partial charge on any atom is 0.221 e. The molecule has 0 aliphatic carbocycles. The molecule has 2 aromatic rings. The van der Waals surface area contributed by atoms with Crippen molar-refractivity contribution in [3.63, 3.8) is 0 Å². The zero-order valence-corrected chi connectivity index (χ0v) is 11.5. The molecule has 0 fully saturated rings. The lowest BCUT2D eigenvalue weighted by Crippen LogP contribution is -2.06. The highest BCUT2D eigenvalue weighted by Crippen LogP contribution is 2.17. The minimum absolute atomic E-state index is 0.0994. The van der Waals surface area contributed by atoms with Gasteiger partial charge in [-0.2, -0.15) is 0 Å². The number of nitrogens with one attached hydrogen (secondary N) is 2. The fourth-order valence-electron chi connectivity index (χ4n) is 1.87. The van der Waals surface area contributed by atoms with Crippen molar-refractivity contribution in [1.29, 1.82) is 0 Å². The minimum Gasteiger partial charge on any atom is -0.379 e. The monoisotopic (exact) mass is 272 g/mol.